The van der Waals surface area contributed by atoms with E-state index in [0.717, 1.165) is 32.4 Å². The van der Waals surface area contributed by atoms with Crippen molar-refractivity contribution < 1.29 is 0 Å². The number of fused-ring (bicyclic) bond motifs is 2. The lowest BCUT2D eigenvalue weighted by atomic mass is 10.1. The van der Waals surface area contributed by atoms with Crippen LogP contribution in [0.3, 0.4) is 0 Å². The number of halogens is 1. The van der Waals surface area contributed by atoms with Crippen LogP contribution in [-0.4, -0.2) is 4.98 Å². The van der Waals surface area contributed by atoms with Gasteiger partial charge >= 0.3 is 0 Å². The van der Waals surface area contributed by atoms with Crippen LogP contribution in [0.5, 0.6) is 0 Å². The zero-order chi connectivity index (χ0) is 15.8. The second-order valence-corrected chi connectivity index (χ2v) is 6.81. The summed E-state index contributed by atoms with van der Waals surface area (Å²) in [7, 11) is 0. The predicted octanol–water partition coefficient (Wildman–Crippen LogP) is 5.77. The summed E-state index contributed by atoms with van der Waals surface area (Å²) in [4.78, 5) is 7.07. The first kappa shape index (κ1) is 14.4. The Kier molecular flexibility index (Phi) is 3.60. The summed E-state index contributed by atoms with van der Waals surface area (Å²) in [5.74, 6) is 0. The largest absolute Gasteiger partial charge is 0.399 e. The smallest absolute Gasteiger partial charge is 0.0735 e. The first-order valence-corrected chi connectivity index (χ1v) is 8.41. The van der Waals surface area contributed by atoms with Crippen molar-refractivity contribution in [3.8, 4) is 0 Å². The normalized spacial score (nSPS) is 11.2. The van der Waals surface area contributed by atoms with Gasteiger partial charge in [-0.05, 0) is 42.5 Å². The van der Waals surface area contributed by atoms with Crippen molar-refractivity contribution in [3.05, 3.63) is 71.8 Å². The fourth-order valence-corrected chi connectivity index (χ4v) is 3.83. The minimum Gasteiger partial charge on any atom is -0.399 e. The minimum atomic E-state index is 0.698. The van der Waals surface area contributed by atoms with Gasteiger partial charge in [0.25, 0.3) is 0 Å². The molecule has 0 aliphatic heterocycles. The van der Waals surface area contributed by atoms with E-state index in [0.29, 0.717) is 5.02 Å². The molecule has 3 aromatic carbocycles. The molecule has 0 fully saturated rings. The predicted molar refractivity (Wildman–Crippen MR) is 99.2 cm³/mol. The van der Waals surface area contributed by atoms with Gasteiger partial charge in [-0.25, -0.2) is 4.98 Å². The Morgan fingerprint density at radius 1 is 0.826 bits per heavy atom. The van der Waals surface area contributed by atoms with E-state index in [1.807, 2.05) is 60.7 Å². The van der Waals surface area contributed by atoms with Crippen molar-refractivity contribution in [1.29, 1.82) is 0 Å². The van der Waals surface area contributed by atoms with E-state index in [2.05, 4.69) is 6.07 Å². The van der Waals surface area contributed by atoms with Crippen LogP contribution in [-0.2, 0) is 0 Å². The molecule has 0 saturated carbocycles. The van der Waals surface area contributed by atoms with E-state index >= 15 is 0 Å². The summed E-state index contributed by atoms with van der Waals surface area (Å²) in [6, 6.07) is 22.0. The SMILES string of the molecule is Nc1ccc(Sc2c3ccccc3nc3cc(Cl)ccc23)cc1. The molecule has 0 atom stereocenters. The fraction of sp³-hybridized carbons (Fsp3) is 0. The molecule has 0 radical (unpaired) electrons. The Morgan fingerprint density at radius 2 is 1.57 bits per heavy atom. The molecule has 0 aliphatic rings. The van der Waals surface area contributed by atoms with E-state index in [4.69, 9.17) is 22.3 Å². The van der Waals surface area contributed by atoms with E-state index in [9.17, 15) is 0 Å². The van der Waals surface area contributed by atoms with E-state index in [1.165, 1.54) is 4.90 Å². The number of aromatic nitrogens is 1. The molecule has 1 aromatic heterocycles. The second kappa shape index (κ2) is 5.76. The molecule has 1 heterocycles. The third-order valence-corrected chi connectivity index (χ3v) is 5.08. The van der Waals surface area contributed by atoms with Crippen LogP contribution in [0.4, 0.5) is 5.69 Å². The monoisotopic (exact) mass is 336 g/mol. The van der Waals surface area contributed by atoms with Crippen molar-refractivity contribution in [1.82, 2.24) is 4.98 Å². The molecule has 0 unspecified atom stereocenters. The van der Waals surface area contributed by atoms with Crippen LogP contribution >= 0.6 is 23.4 Å². The third-order valence-electron chi connectivity index (χ3n) is 3.69. The number of pyridine rings is 1. The molecular weight excluding hydrogens is 324 g/mol. The summed E-state index contributed by atoms with van der Waals surface area (Å²) in [6.45, 7) is 0. The van der Waals surface area contributed by atoms with Gasteiger partial charge in [-0.1, -0.05) is 47.6 Å². The highest BCUT2D eigenvalue weighted by molar-refractivity contribution is 7.99. The van der Waals surface area contributed by atoms with Gasteiger partial charge in [0.1, 0.15) is 0 Å². The number of hydrogen-bond donors (Lipinski definition) is 1. The Balaban J connectivity index is 1.98. The van der Waals surface area contributed by atoms with E-state index in [-0.39, 0.29) is 0 Å². The van der Waals surface area contributed by atoms with Gasteiger partial charge in [0.2, 0.25) is 0 Å². The fourth-order valence-electron chi connectivity index (χ4n) is 2.59. The van der Waals surface area contributed by atoms with Crippen LogP contribution in [0.15, 0.2) is 76.5 Å². The van der Waals surface area contributed by atoms with Crippen molar-refractivity contribution >= 4 is 50.9 Å². The lowest BCUT2D eigenvalue weighted by Gasteiger charge is -2.11. The van der Waals surface area contributed by atoms with Crippen LogP contribution in [0.1, 0.15) is 0 Å². The molecule has 2 nitrogen and oxygen atoms in total. The number of nitrogens with zero attached hydrogens (tertiary/aromatic N) is 1. The first-order valence-electron chi connectivity index (χ1n) is 7.22. The molecular formula is C19H13ClN2S. The Labute approximate surface area is 143 Å². The number of rotatable bonds is 2. The molecule has 4 aromatic rings. The first-order chi connectivity index (χ1) is 11.2. The molecule has 4 heteroatoms. The molecule has 112 valence electrons. The maximum atomic E-state index is 6.14. The van der Waals surface area contributed by atoms with Crippen molar-refractivity contribution in [3.63, 3.8) is 0 Å². The topological polar surface area (TPSA) is 38.9 Å². The standard InChI is InChI=1S/C19H13ClN2S/c20-12-5-10-16-18(11-12)22-17-4-2-1-3-15(17)19(16)23-14-8-6-13(21)7-9-14/h1-11H,21H2. The number of hydrogen-bond acceptors (Lipinski definition) is 3. The summed E-state index contributed by atoms with van der Waals surface area (Å²) in [6.07, 6.45) is 0. The maximum absolute atomic E-state index is 6.14. The van der Waals surface area contributed by atoms with Crippen molar-refractivity contribution in [2.45, 2.75) is 9.79 Å². The van der Waals surface area contributed by atoms with E-state index in [1.54, 1.807) is 11.8 Å². The van der Waals surface area contributed by atoms with Gasteiger partial charge < -0.3 is 5.73 Å². The van der Waals surface area contributed by atoms with Gasteiger partial charge in [-0.3, -0.25) is 0 Å². The highest BCUT2D eigenvalue weighted by Crippen LogP contribution is 2.39. The van der Waals surface area contributed by atoms with Gasteiger partial charge in [0, 0.05) is 31.3 Å². The quantitative estimate of drug-likeness (QED) is 0.373. The lowest BCUT2D eigenvalue weighted by molar-refractivity contribution is 1.42. The summed E-state index contributed by atoms with van der Waals surface area (Å²) in [5.41, 5.74) is 8.44. The van der Waals surface area contributed by atoms with Crippen molar-refractivity contribution in [2.75, 3.05) is 5.73 Å². The Hall–Kier alpha value is -2.23. The highest BCUT2D eigenvalue weighted by Gasteiger charge is 2.11. The molecule has 0 spiro atoms. The lowest BCUT2D eigenvalue weighted by Crippen LogP contribution is -1.88. The van der Waals surface area contributed by atoms with Gasteiger partial charge in [0.05, 0.1) is 11.0 Å². The molecule has 23 heavy (non-hydrogen) atoms. The zero-order valence-corrected chi connectivity index (χ0v) is 13.7. The average Bonchev–Trinajstić information content (AvgIpc) is 2.56. The number of para-hydroxylation sites is 1. The van der Waals surface area contributed by atoms with Gasteiger partial charge in [-0.15, -0.1) is 0 Å². The summed E-state index contributed by atoms with van der Waals surface area (Å²) >= 11 is 7.86. The Morgan fingerprint density at radius 3 is 2.39 bits per heavy atom. The molecule has 0 aliphatic carbocycles. The number of benzene rings is 3. The van der Waals surface area contributed by atoms with Crippen LogP contribution in [0, 0.1) is 0 Å². The van der Waals surface area contributed by atoms with Gasteiger partial charge in [0.15, 0.2) is 0 Å². The molecule has 0 amide bonds. The zero-order valence-electron chi connectivity index (χ0n) is 12.2. The molecule has 0 bridgehead atoms. The summed E-state index contributed by atoms with van der Waals surface area (Å²) in [5, 5.41) is 2.95. The van der Waals surface area contributed by atoms with Crippen LogP contribution in [0.25, 0.3) is 21.8 Å². The van der Waals surface area contributed by atoms with E-state index < -0.39 is 0 Å². The number of nitrogens with two attached hydrogens (primary N) is 1. The summed E-state index contributed by atoms with van der Waals surface area (Å²) < 4.78 is 0. The second-order valence-electron chi connectivity index (χ2n) is 5.29. The maximum Gasteiger partial charge on any atom is 0.0735 e. The molecule has 4 rings (SSSR count). The van der Waals surface area contributed by atoms with Crippen molar-refractivity contribution in [2.24, 2.45) is 0 Å². The van der Waals surface area contributed by atoms with Crippen LogP contribution < -0.4 is 5.73 Å². The Bertz CT molecular complexity index is 1010. The number of nitrogen functional groups attached to an aromatic ring is 1. The molecule has 0 saturated heterocycles. The van der Waals surface area contributed by atoms with Gasteiger partial charge in [-0.2, -0.15) is 0 Å². The minimum absolute atomic E-state index is 0.698. The molecule has 2 N–H and O–H groups in total. The van der Waals surface area contributed by atoms with Crippen LogP contribution in [0.2, 0.25) is 5.02 Å². The highest BCUT2D eigenvalue weighted by atomic mass is 35.5. The number of anilines is 1. The third kappa shape index (κ3) is 2.74. The average molecular weight is 337 g/mol.